The van der Waals surface area contributed by atoms with Crippen molar-refractivity contribution in [1.29, 1.82) is 0 Å². The lowest BCUT2D eigenvalue weighted by Crippen LogP contribution is -2.34. The Morgan fingerprint density at radius 1 is 1.45 bits per heavy atom. The molecule has 1 amide bonds. The molecule has 0 heterocycles. The first-order valence-electron chi connectivity index (χ1n) is 3.75. The monoisotopic (exact) mass is 177 g/mol. The van der Waals surface area contributed by atoms with Crippen LogP contribution in [-0.4, -0.2) is 35.2 Å². The molecule has 0 saturated heterocycles. The molecular formula is C6H15NO3Si. The average molecular weight is 177 g/mol. The van der Waals surface area contributed by atoms with E-state index in [1.165, 1.54) is 0 Å². The Bertz CT molecular complexity index is 95.8. The number of rotatable bonds is 7. The largest absolute Gasteiger partial charge is 0.385 e. The third-order valence-corrected chi connectivity index (χ3v) is 2.28. The molecule has 0 aromatic rings. The molecule has 0 saturated carbocycles. The van der Waals surface area contributed by atoms with Gasteiger partial charge in [-0.15, -0.1) is 0 Å². The van der Waals surface area contributed by atoms with E-state index in [-0.39, 0.29) is 5.91 Å². The standard InChI is InChI=1S/C6H15NO3Si/c1-3-9-6(10-4-2)11-7-5-8/h5-6H,3-4,11H2,1-2H3,(H,7,8). The lowest BCUT2D eigenvalue weighted by molar-refractivity contribution is -0.109. The number of hydrogen-bond acceptors (Lipinski definition) is 3. The van der Waals surface area contributed by atoms with Gasteiger partial charge in [-0.25, -0.2) is 0 Å². The molecule has 0 aliphatic rings. The summed E-state index contributed by atoms with van der Waals surface area (Å²) in [6.07, 6.45) is 0.692. The Hall–Kier alpha value is -0.393. The Labute approximate surface area is 69.2 Å². The molecule has 0 radical (unpaired) electrons. The number of nitrogens with one attached hydrogen (secondary N) is 1. The van der Waals surface area contributed by atoms with Crippen LogP contribution in [0.15, 0.2) is 0 Å². The molecule has 4 nitrogen and oxygen atoms in total. The molecule has 0 aliphatic carbocycles. The molecule has 0 bridgehead atoms. The van der Waals surface area contributed by atoms with Gasteiger partial charge in [-0.2, -0.15) is 0 Å². The first-order chi connectivity index (χ1) is 5.35. The summed E-state index contributed by atoms with van der Waals surface area (Å²) in [5.74, 6) is -0.171. The quantitative estimate of drug-likeness (QED) is 0.314. The van der Waals surface area contributed by atoms with E-state index in [4.69, 9.17) is 9.47 Å². The zero-order valence-corrected chi connectivity index (χ0v) is 8.41. The Kier molecular flexibility index (Phi) is 7.44. The molecule has 0 rings (SSSR count). The number of amides is 1. The summed E-state index contributed by atoms with van der Waals surface area (Å²) in [5.41, 5.74) is 0. The van der Waals surface area contributed by atoms with Crippen LogP contribution in [0.3, 0.4) is 0 Å². The first kappa shape index (κ1) is 10.6. The maximum Gasteiger partial charge on any atom is 0.199 e. The molecule has 5 heteroatoms. The van der Waals surface area contributed by atoms with Crippen LogP contribution in [0.1, 0.15) is 13.8 Å². The molecule has 1 N–H and O–H groups in total. The summed E-state index contributed by atoms with van der Waals surface area (Å²) in [7, 11) is -0.759. The molecule has 0 atom stereocenters. The molecule has 0 aromatic carbocycles. The fourth-order valence-electron chi connectivity index (χ4n) is 0.682. The van der Waals surface area contributed by atoms with Crippen molar-refractivity contribution in [3.05, 3.63) is 0 Å². The van der Waals surface area contributed by atoms with Gasteiger partial charge in [-0.1, -0.05) is 0 Å². The number of carbonyl (C=O) groups excluding carboxylic acids is 1. The fourth-order valence-corrected chi connectivity index (χ4v) is 1.68. The van der Waals surface area contributed by atoms with Crippen LogP contribution in [0.25, 0.3) is 0 Å². The van der Waals surface area contributed by atoms with Gasteiger partial charge in [0.2, 0.25) is 0 Å². The number of ether oxygens (including phenoxy) is 2. The predicted molar refractivity (Wildman–Crippen MR) is 44.8 cm³/mol. The number of carbonyl (C=O) groups is 1. The van der Waals surface area contributed by atoms with E-state index in [0.717, 1.165) is 0 Å². The van der Waals surface area contributed by atoms with Gasteiger partial charge in [0, 0.05) is 13.2 Å². The minimum atomic E-state index is -0.759. The molecule has 66 valence electrons. The van der Waals surface area contributed by atoms with Gasteiger partial charge < -0.3 is 14.5 Å². The normalized spacial score (nSPS) is 11.2. The number of hydrogen-bond donors (Lipinski definition) is 1. The summed E-state index contributed by atoms with van der Waals surface area (Å²) in [4.78, 5) is 12.6. The highest BCUT2D eigenvalue weighted by molar-refractivity contribution is 6.36. The van der Waals surface area contributed by atoms with Crippen LogP contribution in [0.5, 0.6) is 0 Å². The average Bonchev–Trinajstić information content (AvgIpc) is 2.01. The van der Waals surface area contributed by atoms with E-state index in [0.29, 0.717) is 19.6 Å². The van der Waals surface area contributed by atoms with Crippen molar-refractivity contribution in [3.63, 3.8) is 0 Å². The van der Waals surface area contributed by atoms with Gasteiger partial charge in [0.1, 0.15) is 0 Å². The lowest BCUT2D eigenvalue weighted by Gasteiger charge is -2.14. The van der Waals surface area contributed by atoms with Crippen LogP contribution >= 0.6 is 0 Å². The summed E-state index contributed by atoms with van der Waals surface area (Å²) < 4.78 is 10.4. The van der Waals surface area contributed by atoms with Gasteiger partial charge in [0.15, 0.2) is 22.0 Å². The Balaban J connectivity index is 3.41. The van der Waals surface area contributed by atoms with E-state index in [9.17, 15) is 4.79 Å². The van der Waals surface area contributed by atoms with Crippen LogP contribution in [0, 0.1) is 0 Å². The summed E-state index contributed by atoms with van der Waals surface area (Å²) in [6, 6.07) is 0. The maximum absolute atomic E-state index is 9.93. The van der Waals surface area contributed by atoms with Crippen molar-refractivity contribution in [2.75, 3.05) is 13.2 Å². The van der Waals surface area contributed by atoms with Crippen molar-refractivity contribution in [2.45, 2.75) is 19.8 Å². The van der Waals surface area contributed by atoms with E-state index in [1.54, 1.807) is 0 Å². The predicted octanol–water partition coefficient (Wildman–Crippen LogP) is -0.827. The van der Waals surface area contributed by atoms with Gasteiger partial charge in [0.05, 0.1) is 0 Å². The van der Waals surface area contributed by atoms with E-state index in [1.807, 2.05) is 13.8 Å². The van der Waals surface area contributed by atoms with Crippen molar-refractivity contribution >= 4 is 16.1 Å². The van der Waals surface area contributed by atoms with Crippen molar-refractivity contribution in [2.24, 2.45) is 0 Å². The fraction of sp³-hybridized carbons (Fsp3) is 0.833. The first-order valence-corrected chi connectivity index (χ1v) is 5.27. The van der Waals surface area contributed by atoms with Crippen LogP contribution < -0.4 is 4.98 Å². The molecule has 0 aliphatic heterocycles. The Morgan fingerprint density at radius 2 is 2.00 bits per heavy atom. The highest BCUT2D eigenvalue weighted by Gasteiger charge is 2.06. The summed E-state index contributed by atoms with van der Waals surface area (Å²) in [6.45, 7) is 5.05. The second kappa shape index (κ2) is 7.71. The molecule has 0 fully saturated rings. The lowest BCUT2D eigenvalue weighted by atomic mass is 10.9. The third kappa shape index (κ3) is 6.02. The second-order valence-corrected chi connectivity index (χ2v) is 3.35. The van der Waals surface area contributed by atoms with Crippen LogP contribution in [0.4, 0.5) is 0 Å². The second-order valence-electron chi connectivity index (χ2n) is 1.87. The summed E-state index contributed by atoms with van der Waals surface area (Å²) >= 11 is 0. The molecule has 0 spiro atoms. The highest BCUT2D eigenvalue weighted by atomic mass is 28.2. The summed E-state index contributed by atoms with van der Waals surface area (Å²) in [5, 5.41) is 0. The van der Waals surface area contributed by atoms with Gasteiger partial charge in [0.25, 0.3) is 0 Å². The van der Waals surface area contributed by atoms with E-state index in [2.05, 4.69) is 4.98 Å². The molecular weight excluding hydrogens is 162 g/mol. The smallest absolute Gasteiger partial charge is 0.199 e. The van der Waals surface area contributed by atoms with Crippen LogP contribution in [0.2, 0.25) is 0 Å². The van der Waals surface area contributed by atoms with Crippen LogP contribution in [-0.2, 0) is 14.3 Å². The molecule has 0 unspecified atom stereocenters. The highest BCUT2D eigenvalue weighted by Crippen LogP contribution is 1.90. The minimum Gasteiger partial charge on any atom is -0.385 e. The van der Waals surface area contributed by atoms with Gasteiger partial charge >= 0.3 is 0 Å². The van der Waals surface area contributed by atoms with Gasteiger partial charge in [-0.05, 0) is 13.8 Å². The molecule has 11 heavy (non-hydrogen) atoms. The van der Waals surface area contributed by atoms with E-state index >= 15 is 0 Å². The Morgan fingerprint density at radius 3 is 2.36 bits per heavy atom. The third-order valence-electron chi connectivity index (χ3n) is 1.07. The minimum absolute atomic E-state index is 0.171. The SMILES string of the molecule is CCOC(OCC)[SiH2]NC=O. The topological polar surface area (TPSA) is 47.6 Å². The van der Waals surface area contributed by atoms with E-state index < -0.39 is 9.68 Å². The van der Waals surface area contributed by atoms with Crippen molar-refractivity contribution in [3.8, 4) is 0 Å². The molecule has 0 aromatic heterocycles. The van der Waals surface area contributed by atoms with Crippen molar-refractivity contribution < 1.29 is 14.3 Å². The van der Waals surface area contributed by atoms with Crippen molar-refractivity contribution in [1.82, 2.24) is 4.98 Å². The maximum atomic E-state index is 9.93. The zero-order chi connectivity index (χ0) is 8.53. The van der Waals surface area contributed by atoms with Gasteiger partial charge in [-0.3, -0.25) is 4.79 Å². The zero-order valence-electron chi connectivity index (χ0n) is 7.00.